The fraction of sp³-hybridized carbons (Fsp3) is 0.273. The molecular weight excluding hydrogens is 345 g/mol. The topological polar surface area (TPSA) is 32.3 Å². The van der Waals surface area contributed by atoms with Gasteiger partial charge in [0.05, 0.1) is 5.60 Å². The van der Waals surface area contributed by atoms with E-state index in [0.717, 1.165) is 23.1 Å². The molecule has 3 aromatic rings. The highest BCUT2D eigenvalue weighted by molar-refractivity contribution is 7.80. The third-order valence-electron chi connectivity index (χ3n) is 5.50. The molecule has 2 N–H and O–H groups in total. The Bertz CT molecular complexity index is 913. The molecule has 0 amide bonds. The summed E-state index contributed by atoms with van der Waals surface area (Å²) in [4.78, 5) is 0. The Morgan fingerprint density at radius 3 is 2.54 bits per heavy atom. The number of hydrogen-bond acceptors (Lipinski definition) is 3. The van der Waals surface area contributed by atoms with Crippen LogP contribution in [0.3, 0.4) is 0 Å². The van der Waals surface area contributed by atoms with Crippen molar-refractivity contribution in [2.45, 2.75) is 17.3 Å². The summed E-state index contributed by atoms with van der Waals surface area (Å²) >= 11 is 4.90. The molecule has 4 rings (SSSR count). The van der Waals surface area contributed by atoms with Crippen LogP contribution in [0.1, 0.15) is 22.8 Å². The van der Waals surface area contributed by atoms with Crippen molar-refractivity contribution in [3.63, 3.8) is 0 Å². The van der Waals surface area contributed by atoms with E-state index in [2.05, 4.69) is 35.6 Å². The van der Waals surface area contributed by atoms with Gasteiger partial charge in [-0.05, 0) is 47.0 Å². The molecule has 0 saturated carbocycles. The summed E-state index contributed by atoms with van der Waals surface area (Å²) in [6.45, 7) is 1.39. The Morgan fingerprint density at radius 1 is 1.04 bits per heavy atom. The fourth-order valence-corrected chi connectivity index (χ4v) is 4.50. The SMILES string of the molecule is OC1(c2ccc(F)cc2)CCNCC1C(S)c1ccc2ccccc2c1. The third-order valence-corrected chi connectivity index (χ3v) is 6.16. The number of halogens is 1. The lowest BCUT2D eigenvalue weighted by Gasteiger charge is -2.43. The standard InChI is InChI=1S/C22H22FNOS/c23-19-9-7-18(8-10-19)22(25)11-12-24-14-20(22)21(26)17-6-5-15-3-1-2-4-16(15)13-17/h1-10,13,20-21,24-26H,11-12,14H2. The molecule has 2 nitrogen and oxygen atoms in total. The minimum absolute atomic E-state index is 0.119. The zero-order valence-electron chi connectivity index (χ0n) is 14.4. The number of fused-ring (bicyclic) bond motifs is 1. The zero-order valence-corrected chi connectivity index (χ0v) is 15.3. The number of nitrogens with one attached hydrogen (secondary N) is 1. The molecule has 4 heteroatoms. The minimum Gasteiger partial charge on any atom is -0.385 e. The first kappa shape index (κ1) is 17.5. The van der Waals surface area contributed by atoms with Gasteiger partial charge < -0.3 is 10.4 Å². The van der Waals surface area contributed by atoms with Gasteiger partial charge in [-0.25, -0.2) is 4.39 Å². The van der Waals surface area contributed by atoms with Crippen LogP contribution in [0.2, 0.25) is 0 Å². The molecule has 3 unspecified atom stereocenters. The monoisotopic (exact) mass is 367 g/mol. The average molecular weight is 367 g/mol. The molecule has 0 bridgehead atoms. The molecule has 3 aromatic carbocycles. The molecule has 0 aliphatic carbocycles. The van der Waals surface area contributed by atoms with Gasteiger partial charge in [-0.2, -0.15) is 12.6 Å². The smallest absolute Gasteiger partial charge is 0.123 e. The highest BCUT2D eigenvalue weighted by atomic mass is 32.1. The van der Waals surface area contributed by atoms with Crippen LogP contribution in [0.15, 0.2) is 66.7 Å². The van der Waals surface area contributed by atoms with E-state index in [4.69, 9.17) is 12.6 Å². The predicted molar refractivity (Wildman–Crippen MR) is 107 cm³/mol. The first-order valence-electron chi connectivity index (χ1n) is 8.94. The lowest BCUT2D eigenvalue weighted by molar-refractivity contribution is -0.0473. The van der Waals surface area contributed by atoms with E-state index < -0.39 is 5.60 Å². The second-order valence-electron chi connectivity index (χ2n) is 7.04. The van der Waals surface area contributed by atoms with Crippen LogP contribution in [0.25, 0.3) is 10.8 Å². The van der Waals surface area contributed by atoms with Gasteiger partial charge in [0, 0.05) is 17.7 Å². The van der Waals surface area contributed by atoms with Gasteiger partial charge in [-0.3, -0.25) is 0 Å². The molecule has 1 aliphatic heterocycles. The van der Waals surface area contributed by atoms with Gasteiger partial charge in [0.1, 0.15) is 5.82 Å². The molecule has 1 fully saturated rings. The van der Waals surface area contributed by atoms with E-state index in [1.54, 1.807) is 12.1 Å². The quantitative estimate of drug-likeness (QED) is 0.598. The van der Waals surface area contributed by atoms with Gasteiger partial charge in [0.15, 0.2) is 0 Å². The van der Waals surface area contributed by atoms with Crippen molar-refractivity contribution in [2.75, 3.05) is 13.1 Å². The minimum atomic E-state index is -1.03. The first-order chi connectivity index (χ1) is 12.6. The van der Waals surface area contributed by atoms with Gasteiger partial charge in [0.25, 0.3) is 0 Å². The molecule has 0 radical (unpaired) electrons. The number of piperidine rings is 1. The van der Waals surface area contributed by atoms with Crippen LogP contribution in [-0.2, 0) is 5.60 Å². The Kier molecular flexibility index (Phi) is 4.74. The largest absolute Gasteiger partial charge is 0.385 e. The van der Waals surface area contributed by atoms with Gasteiger partial charge >= 0.3 is 0 Å². The van der Waals surface area contributed by atoms with E-state index in [0.29, 0.717) is 13.0 Å². The molecule has 3 atom stereocenters. The second kappa shape index (κ2) is 7.03. The Balaban J connectivity index is 1.71. The van der Waals surface area contributed by atoms with Crippen molar-refractivity contribution in [3.05, 3.63) is 83.7 Å². The van der Waals surface area contributed by atoms with E-state index in [1.165, 1.54) is 17.5 Å². The molecule has 0 spiro atoms. The van der Waals surface area contributed by atoms with E-state index >= 15 is 0 Å². The van der Waals surface area contributed by atoms with Crippen LogP contribution < -0.4 is 5.32 Å². The molecular formula is C22H22FNOS. The molecule has 1 aliphatic rings. The van der Waals surface area contributed by atoms with Gasteiger partial charge in [-0.1, -0.05) is 54.6 Å². The normalized spacial score (nSPS) is 24.5. The summed E-state index contributed by atoms with van der Waals surface area (Å²) in [5, 5.41) is 17.1. The summed E-state index contributed by atoms with van der Waals surface area (Å²) in [5.41, 5.74) is 0.809. The second-order valence-corrected chi connectivity index (χ2v) is 7.60. The fourth-order valence-electron chi connectivity index (χ4n) is 3.98. The Morgan fingerprint density at radius 2 is 1.77 bits per heavy atom. The summed E-state index contributed by atoms with van der Waals surface area (Å²) in [5.74, 6) is -0.411. The number of rotatable bonds is 3. The molecule has 26 heavy (non-hydrogen) atoms. The van der Waals surface area contributed by atoms with E-state index in [1.807, 2.05) is 12.1 Å². The van der Waals surface area contributed by atoms with E-state index in [-0.39, 0.29) is 17.0 Å². The van der Waals surface area contributed by atoms with Crippen molar-refractivity contribution >= 4 is 23.4 Å². The van der Waals surface area contributed by atoms with Gasteiger partial charge in [-0.15, -0.1) is 0 Å². The van der Waals surface area contributed by atoms with Crippen LogP contribution in [0.4, 0.5) is 4.39 Å². The lowest BCUT2D eigenvalue weighted by atomic mass is 9.73. The van der Waals surface area contributed by atoms with Crippen molar-refractivity contribution in [3.8, 4) is 0 Å². The van der Waals surface area contributed by atoms with Crippen molar-refractivity contribution < 1.29 is 9.50 Å². The number of aliphatic hydroxyl groups is 1. The summed E-state index contributed by atoms with van der Waals surface area (Å²) in [6.07, 6.45) is 0.577. The highest BCUT2D eigenvalue weighted by Crippen LogP contribution is 2.45. The molecule has 0 aromatic heterocycles. The van der Waals surface area contributed by atoms with Crippen molar-refractivity contribution in [2.24, 2.45) is 5.92 Å². The lowest BCUT2D eigenvalue weighted by Crippen LogP contribution is -2.49. The van der Waals surface area contributed by atoms with E-state index in [9.17, 15) is 9.50 Å². The van der Waals surface area contributed by atoms with Crippen molar-refractivity contribution in [1.82, 2.24) is 5.32 Å². The van der Waals surface area contributed by atoms with Crippen LogP contribution >= 0.6 is 12.6 Å². The third kappa shape index (κ3) is 3.13. The van der Waals surface area contributed by atoms with Crippen LogP contribution in [0, 0.1) is 11.7 Å². The number of thiol groups is 1. The number of benzene rings is 3. The maximum absolute atomic E-state index is 13.3. The Labute approximate surface area is 158 Å². The summed E-state index contributed by atoms with van der Waals surface area (Å²) < 4.78 is 13.3. The van der Waals surface area contributed by atoms with Crippen molar-refractivity contribution in [1.29, 1.82) is 0 Å². The van der Waals surface area contributed by atoms with Crippen LogP contribution in [-0.4, -0.2) is 18.2 Å². The highest BCUT2D eigenvalue weighted by Gasteiger charge is 2.44. The number of hydrogen-bond donors (Lipinski definition) is 3. The predicted octanol–water partition coefficient (Wildman–Crippen LogP) is 4.45. The summed E-state index contributed by atoms with van der Waals surface area (Å²) in [7, 11) is 0. The Hall–Kier alpha value is -1.88. The summed E-state index contributed by atoms with van der Waals surface area (Å²) in [6, 6.07) is 20.8. The molecule has 134 valence electrons. The van der Waals surface area contributed by atoms with Crippen LogP contribution in [0.5, 0.6) is 0 Å². The maximum Gasteiger partial charge on any atom is 0.123 e. The average Bonchev–Trinajstić information content (AvgIpc) is 2.68. The molecule has 1 saturated heterocycles. The first-order valence-corrected chi connectivity index (χ1v) is 9.45. The maximum atomic E-state index is 13.3. The van der Waals surface area contributed by atoms with Gasteiger partial charge in [0.2, 0.25) is 0 Å². The molecule has 1 heterocycles. The zero-order chi connectivity index (χ0) is 18.1.